The normalized spacial score (nSPS) is 15.6. The molecule has 16 heteroatoms. The molecule has 0 radical (unpaired) electrons. The fraction of sp³-hybridized carbons (Fsp3) is 0.346. The molecule has 4 aromatic rings. The molecule has 4 aromatic heterocycles. The van der Waals surface area contributed by atoms with Crippen molar-refractivity contribution < 1.29 is 22.5 Å². The molecule has 1 aliphatic rings. The second kappa shape index (κ2) is 11.1. The number of rotatable bonds is 6. The fourth-order valence-electron chi connectivity index (χ4n) is 4.52. The molecular weight excluding hydrogens is 559 g/mol. The first kappa shape index (κ1) is 28.5. The molecule has 5 rings (SSSR count). The Hall–Kier alpha value is -5.02. The number of aromatic nitrogens is 7. The lowest BCUT2D eigenvalue weighted by Gasteiger charge is -2.18. The van der Waals surface area contributed by atoms with E-state index in [1.54, 1.807) is 38.3 Å². The Kier molecular flexibility index (Phi) is 7.53. The molecule has 5 heterocycles. The molecule has 0 bridgehead atoms. The summed E-state index contributed by atoms with van der Waals surface area (Å²) in [5, 5.41) is 6.40. The van der Waals surface area contributed by atoms with Gasteiger partial charge in [-0.3, -0.25) is 18.7 Å². The van der Waals surface area contributed by atoms with Crippen LogP contribution in [0.5, 0.6) is 0 Å². The summed E-state index contributed by atoms with van der Waals surface area (Å²) in [6, 6.07) is 4.68. The number of anilines is 1. The zero-order valence-corrected chi connectivity index (χ0v) is 22.6. The van der Waals surface area contributed by atoms with Crippen LogP contribution in [-0.4, -0.2) is 46.3 Å². The van der Waals surface area contributed by atoms with E-state index in [1.165, 1.54) is 11.6 Å². The highest BCUT2D eigenvalue weighted by molar-refractivity contribution is 5.93. The lowest BCUT2D eigenvalue weighted by Crippen LogP contribution is -2.41. The highest BCUT2D eigenvalue weighted by atomic mass is 19.4. The number of hydrogen-bond donors (Lipinski definition) is 1. The van der Waals surface area contributed by atoms with Crippen LogP contribution in [0, 0.1) is 18.8 Å². The van der Waals surface area contributed by atoms with Gasteiger partial charge in [0.1, 0.15) is 18.2 Å². The first-order valence-corrected chi connectivity index (χ1v) is 12.8. The van der Waals surface area contributed by atoms with Crippen molar-refractivity contribution in [3.8, 4) is 11.3 Å². The molecule has 0 saturated carbocycles. The van der Waals surface area contributed by atoms with Crippen molar-refractivity contribution in [1.29, 1.82) is 0 Å². The zero-order valence-electron chi connectivity index (χ0n) is 22.6. The number of halogens is 3. The smallest absolute Gasteiger partial charge is 0.337 e. The van der Waals surface area contributed by atoms with Crippen LogP contribution >= 0.6 is 0 Å². The van der Waals surface area contributed by atoms with E-state index in [2.05, 4.69) is 35.4 Å². The Morgan fingerprint density at radius 3 is 2.60 bits per heavy atom. The highest BCUT2D eigenvalue weighted by Crippen LogP contribution is 2.28. The van der Waals surface area contributed by atoms with Crippen molar-refractivity contribution in [3.63, 3.8) is 0 Å². The van der Waals surface area contributed by atoms with E-state index < -0.39 is 29.2 Å². The van der Waals surface area contributed by atoms with Crippen molar-refractivity contribution in [3.05, 3.63) is 74.5 Å². The number of carbonyl (C=O) groups is 1. The number of nitrogens with one attached hydrogen (secondary N) is 1. The van der Waals surface area contributed by atoms with Gasteiger partial charge in [0.05, 0.1) is 11.3 Å². The fourth-order valence-corrected chi connectivity index (χ4v) is 4.52. The molecule has 13 nitrogen and oxygen atoms in total. The number of alkyl halides is 3. The number of carbonyl (C=O) groups excluding carboxylic acids is 1. The Balaban J connectivity index is 1.31. The van der Waals surface area contributed by atoms with Gasteiger partial charge in [-0.15, -0.1) is 0 Å². The summed E-state index contributed by atoms with van der Waals surface area (Å²) in [4.78, 5) is 58.8. The molecule has 1 N–H and O–H groups in total. The predicted molar refractivity (Wildman–Crippen MR) is 142 cm³/mol. The number of amides is 1. The number of nitrogens with zero attached hydrogens (tertiary/aromatic N) is 8. The van der Waals surface area contributed by atoms with E-state index in [0.29, 0.717) is 17.8 Å². The van der Waals surface area contributed by atoms with Crippen molar-refractivity contribution in [2.75, 3.05) is 5.32 Å². The molecule has 218 valence electrons. The van der Waals surface area contributed by atoms with E-state index in [0.717, 1.165) is 17.0 Å². The molecule has 0 saturated heterocycles. The third-order valence-electron chi connectivity index (χ3n) is 6.85. The third-order valence-corrected chi connectivity index (χ3v) is 6.85. The average Bonchev–Trinajstić information content (AvgIpc) is 3.24. The topological polar surface area (TPSA) is 163 Å². The summed E-state index contributed by atoms with van der Waals surface area (Å²) in [6.07, 6.45) is -0.430. The minimum Gasteiger partial charge on any atom is -0.337 e. The number of pyridine rings is 1. The van der Waals surface area contributed by atoms with E-state index in [1.807, 2.05) is 0 Å². The van der Waals surface area contributed by atoms with Gasteiger partial charge < -0.3 is 9.84 Å². The first-order chi connectivity index (χ1) is 19.9. The van der Waals surface area contributed by atoms with Crippen molar-refractivity contribution in [2.24, 2.45) is 23.9 Å². The summed E-state index contributed by atoms with van der Waals surface area (Å²) in [5.74, 6) is -1.75. The third kappa shape index (κ3) is 5.73. The van der Waals surface area contributed by atoms with Crippen LogP contribution in [0.4, 0.5) is 24.8 Å². The summed E-state index contributed by atoms with van der Waals surface area (Å²) < 4.78 is 45.7. The molecule has 2 atom stereocenters. The molecule has 1 amide bonds. The lowest BCUT2D eigenvalue weighted by atomic mass is 9.89. The second-order valence-corrected chi connectivity index (χ2v) is 9.73. The summed E-state index contributed by atoms with van der Waals surface area (Å²) >= 11 is 0. The maximum Gasteiger partial charge on any atom is 0.451 e. The molecular formula is C26H24F3N9O4. The van der Waals surface area contributed by atoms with Crippen LogP contribution in [0.25, 0.3) is 11.3 Å². The average molecular weight is 584 g/mol. The van der Waals surface area contributed by atoms with Crippen LogP contribution in [0.2, 0.25) is 0 Å². The van der Waals surface area contributed by atoms with Crippen LogP contribution < -0.4 is 16.6 Å². The summed E-state index contributed by atoms with van der Waals surface area (Å²) in [6.45, 7) is 3.14. The van der Waals surface area contributed by atoms with Gasteiger partial charge in [-0.2, -0.15) is 18.2 Å². The Morgan fingerprint density at radius 2 is 1.93 bits per heavy atom. The molecule has 0 spiro atoms. The van der Waals surface area contributed by atoms with Crippen molar-refractivity contribution in [1.82, 2.24) is 34.2 Å². The molecule has 1 unspecified atom stereocenters. The lowest BCUT2D eigenvalue weighted by molar-refractivity contribution is -0.145. The van der Waals surface area contributed by atoms with Crippen LogP contribution in [0.15, 0.2) is 49.7 Å². The van der Waals surface area contributed by atoms with E-state index in [-0.39, 0.29) is 53.6 Å². The van der Waals surface area contributed by atoms with Crippen LogP contribution in [0.3, 0.4) is 0 Å². The monoisotopic (exact) mass is 583 g/mol. The van der Waals surface area contributed by atoms with Crippen LogP contribution in [-0.2, 0) is 31.0 Å². The molecule has 1 aliphatic heterocycles. The number of hydrogen-bond acceptors (Lipinski definition) is 10. The van der Waals surface area contributed by atoms with Gasteiger partial charge in [-0.1, -0.05) is 18.1 Å². The van der Waals surface area contributed by atoms with Gasteiger partial charge in [0.25, 0.3) is 5.56 Å². The summed E-state index contributed by atoms with van der Waals surface area (Å²) in [5.41, 5.74) is -0.278. The van der Waals surface area contributed by atoms with Gasteiger partial charge in [-0.05, 0) is 31.9 Å². The largest absolute Gasteiger partial charge is 0.451 e. The predicted octanol–water partition coefficient (Wildman–Crippen LogP) is 2.70. The molecule has 0 aromatic carbocycles. The van der Waals surface area contributed by atoms with E-state index in [9.17, 15) is 27.6 Å². The van der Waals surface area contributed by atoms with Gasteiger partial charge in [0.2, 0.25) is 17.6 Å². The SMILES string of the molecule is Cc1noc(Cn2c(=O)c3c(n(C)c2=O)N=CC([C@@H](C)C(=O)Nc2cccc(-c4cnc(C(F)(F)F)nc4)n2)CC3)n1. The van der Waals surface area contributed by atoms with Gasteiger partial charge >= 0.3 is 11.9 Å². The van der Waals surface area contributed by atoms with Gasteiger partial charge in [-0.25, -0.2) is 24.7 Å². The Labute approximate surface area is 235 Å². The maximum absolute atomic E-state index is 13.3. The number of aryl methyl sites for hydroxylation is 1. The number of aliphatic imine (C=N–C) groups is 1. The zero-order chi connectivity index (χ0) is 30.2. The molecule has 0 fully saturated rings. The Morgan fingerprint density at radius 1 is 1.19 bits per heavy atom. The summed E-state index contributed by atoms with van der Waals surface area (Å²) in [7, 11) is 1.50. The molecule has 42 heavy (non-hydrogen) atoms. The number of fused-ring (bicyclic) bond motifs is 1. The maximum atomic E-state index is 13.3. The van der Waals surface area contributed by atoms with Crippen molar-refractivity contribution >= 4 is 23.8 Å². The van der Waals surface area contributed by atoms with E-state index in [4.69, 9.17) is 4.52 Å². The molecule has 0 aliphatic carbocycles. The van der Waals surface area contributed by atoms with Gasteiger partial charge in [0, 0.05) is 43.1 Å². The quantitative estimate of drug-likeness (QED) is 0.360. The van der Waals surface area contributed by atoms with Crippen LogP contribution in [0.1, 0.15) is 36.4 Å². The first-order valence-electron chi connectivity index (χ1n) is 12.8. The standard InChI is InChI=1S/C26H24F3N9O4/c1-13(22(39)35-19-6-4-5-18(34-19)16-10-31-24(32-11-16)26(27,28)29)15-7-8-17-21(30-9-15)37(3)25(41)38(23(17)40)12-20-33-14(2)36-42-20/h4-6,9-11,13,15H,7-8,12H2,1-3H3,(H,34,35,39)/t13-,15?/m1/s1. The minimum atomic E-state index is -4.67. The van der Waals surface area contributed by atoms with Crippen molar-refractivity contribution in [2.45, 2.75) is 39.4 Å². The van der Waals surface area contributed by atoms with Gasteiger partial charge in [0.15, 0.2) is 5.82 Å². The second-order valence-electron chi connectivity index (χ2n) is 9.73. The highest BCUT2D eigenvalue weighted by Gasteiger charge is 2.34. The Bertz CT molecular complexity index is 1790. The minimum absolute atomic E-state index is 0.121. The van der Waals surface area contributed by atoms with E-state index >= 15 is 0 Å².